The summed E-state index contributed by atoms with van der Waals surface area (Å²) in [5.41, 5.74) is 13.1. The Morgan fingerprint density at radius 1 is 0.913 bits per heavy atom. The molecule has 1 fully saturated rings. The van der Waals surface area contributed by atoms with E-state index in [1.165, 1.54) is 22.3 Å². The van der Waals surface area contributed by atoms with Gasteiger partial charge in [-0.2, -0.15) is 0 Å². The highest BCUT2D eigenvalue weighted by Gasteiger charge is 2.30. The summed E-state index contributed by atoms with van der Waals surface area (Å²) in [5, 5.41) is 3.02. The lowest BCUT2D eigenvalue weighted by molar-refractivity contribution is 0.0240. The van der Waals surface area contributed by atoms with Crippen LogP contribution in [0.3, 0.4) is 0 Å². The summed E-state index contributed by atoms with van der Waals surface area (Å²) in [6.07, 6.45) is -0.715. The van der Waals surface area contributed by atoms with Gasteiger partial charge >= 0.3 is 12.2 Å². The Bertz CT molecular complexity index is 1640. The maximum Gasteiger partial charge on any atom is 0.410 e. The molecular weight excluding hydrogens is 591 g/mol. The summed E-state index contributed by atoms with van der Waals surface area (Å²) in [7, 11) is -1.63. The number of hydrogen-bond acceptors (Lipinski definition) is 5. The Labute approximate surface area is 275 Å². The SMILES string of the molecule is Cc1c(C#C[Si](C)(C)C)cc(CNC(=O)OCC2c3ccccc3-c3ccccc32)c(C)c1N1CCN(C(=O)OC(C)(C)C)CC1. The summed E-state index contributed by atoms with van der Waals surface area (Å²) >= 11 is 0. The van der Waals surface area contributed by atoms with E-state index in [0.717, 1.165) is 27.9 Å². The Kier molecular flexibility index (Phi) is 9.55. The number of fused-ring (bicyclic) bond motifs is 3. The van der Waals surface area contributed by atoms with E-state index in [2.05, 4.69) is 85.5 Å². The normalized spacial score (nSPS) is 14.6. The number of hydrogen-bond donors (Lipinski definition) is 1. The number of rotatable bonds is 5. The van der Waals surface area contributed by atoms with Gasteiger partial charge in [0, 0.05) is 49.9 Å². The van der Waals surface area contributed by atoms with Gasteiger partial charge in [-0.25, -0.2) is 9.59 Å². The van der Waals surface area contributed by atoms with Crippen molar-refractivity contribution in [3.8, 4) is 22.6 Å². The maximum absolute atomic E-state index is 13.1. The second kappa shape index (κ2) is 13.3. The first-order chi connectivity index (χ1) is 21.7. The topological polar surface area (TPSA) is 71.1 Å². The zero-order chi connectivity index (χ0) is 33.2. The lowest BCUT2D eigenvalue weighted by atomic mass is 9.96. The van der Waals surface area contributed by atoms with Crippen molar-refractivity contribution in [1.82, 2.24) is 10.2 Å². The van der Waals surface area contributed by atoms with Gasteiger partial charge in [0.25, 0.3) is 0 Å². The van der Waals surface area contributed by atoms with Gasteiger partial charge in [-0.05, 0) is 79.6 Å². The van der Waals surface area contributed by atoms with Crippen LogP contribution in [-0.4, -0.2) is 63.5 Å². The van der Waals surface area contributed by atoms with Gasteiger partial charge in [0.1, 0.15) is 20.3 Å². The van der Waals surface area contributed by atoms with E-state index >= 15 is 0 Å². The summed E-state index contributed by atoms with van der Waals surface area (Å²) in [5.74, 6) is 3.49. The van der Waals surface area contributed by atoms with Gasteiger partial charge in [-0.1, -0.05) is 74.1 Å². The van der Waals surface area contributed by atoms with Crippen LogP contribution in [0.5, 0.6) is 0 Å². The molecule has 1 N–H and O–H groups in total. The first-order valence-corrected chi connectivity index (χ1v) is 19.7. The Morgan fingerprint density at radius 3 is 2.07 bits per heavy atom. The molecule has 46 heavy (non-hydrogen) atoms. The third kappa shape index (κ3) is 7.59. The largest absolute Gasteiger partial charge is 0.449 e. The lowest BCUT2D eigenvalue weighted by Gasteiger charge is -2.38. The van der Waals surface area contributed by atoms with Crippen molar-refractivity contribution in [2.75, 3.05) is 37.7 Å². The summed E-state index contributed by atoms with van der Waals surface area (Å²) in [6, 6.07) is 18.8. The molecule has 1 aliphatic carbocycles. The van der Waals surface area contributed by atoms with Crippen LogP contribution < -0.4 is 10.2 Å². The quantitative estimate of drug-likeness (QED) is 0.230. The predicted molar refractivity (Wildman–Crippen MR) is 188 cm³/mol. The zero-order valence-corrected chi connectivity index (χ0v) is 29.5. The van der Waals surface area contributed by atoms with Crippen molar-refractivity contribution in [2.24, 2.45) is 0 Å². The van der Waals surface area contributed by atoms with Crippen molar-refractivity contribution in [2.45, 2.75) is 72.3 Å². The van der Waals surface area contributed by atoms with Crippen molar-refractivity contribution in [3.05, 3.63) is 88.0 Å². The van der Waals surface area contributed by atoms with Crippen LogP contribution in [0, 0.1) is 25.3 Å². The smallest absolute Gasteiger partial charge is 0.410 e. The predicted octanol–water partition coefficient (Wildman–Crippen LogP) is 7.63. The van der Waals surface area contributed by atoms with E-state index in [1.54, 1.807) is 4.90 Å². The number of anilines is 1. The molecule has 8 heteroatoms. The molecule has 2 amide bonds. The number of benzene rings is 3. The zero-order valence-electron chi connectivity index (χ0n) is 28.5. The monoisotopic (exact) mass is 637 g/mol. The summed E-state index contributed by atoms with van der Waals surface area (Å²) < 4.78 is 11.4. The second-order valence-corrected chi connectivity index (χ2v) is 19.1. The van der Waals surface area contributed by atoms with Crippen LogP contribution in [0.1, 0.15) is 60.1 Å². The van der Waals surface area contributed by atoms with Crippen LogP contribution >= 0.6 is 0 Å². The number of alkyl carbamates (subject to hydrolysis) is 1. The van der Waals surface area contributed by atoms with E-state index < -0.39 is 19.8 Å². The molecule has 0 bridgehead atoms. The van der Waals surface area contributed by atoms with Gasteiger partial charge in [-0.3, -0.25) is 0 Å². The molecule has 3 aromatic carbocycles. The molecule has 0 atom stereocenters. The number of carbonyl (C=O) groups is 2. The van der Waals surface area contributed by atoms with E-state index in [1.807, 2.05) is 45.0 Å². The van der Waals surface area contributed by atoms with E-state index in [9.17, 15) is 9.59 Å². The molecule has 0 radical (unpaired) electrons. The molecule has 0 unspecified atom stereocenters. The fraction of sp³-hybridized carbons (Fsp3) is 0.421. The molecule has 1 saturated heterocycles. The highest BCUT2D eigenvalue weighted by Crippen LogP contribution is 2.44. The van der Waals surface area contributed by atoms with Crippen LogP contribution in [0.15, 0.2) is 54.6 Å². The van der Waals surface area contributed by atoms with Crippen molar-refractivity contribution in [1.29, 1.82) is 0 Å². The molecule has 3 aromatic rings. The Balaban J connectivity index is 1.31. The number of piperazine rings is 1. The fourth-order valence-electron chi connectivity index (χ4n) is 6.25. The Morgan fingerprint density at radius 2 is 1.50 bits per heavy atom. The van der Waals surface area contributed by atoms with Gasteiger partial charge in [0.2, 0.25) is 0 Å². The molecule has 1 heterocycles. The molecule has 242 valence electrons. The number of amides is 2. The van der Waals surface area contributed by atoms with Gasteiger partial charge in [0.05, 0.1) is 0 Å². The molecule has 0 spiro atoms. The highest BCUT2D eigenvalue weighted by molar-refractivity contribution is 6.83. The maximum atomic E-state index is 13.1. The minimum Gasteiger partial charge on any atom is -0.449 e. The number of nitrogens with one attached hydrogen (secondary N) is 1. The van der Waals surface area contributed by atoms with Crippen molar-refractivity contribution >= 4 is 25.9 Å². The van der Waals surface area contributed by atoms with Gasteiger partial charge in [0.15, 0.2) is 0 Å². The van der Waals surface area contributed by atoms with E-state index in [4.69, 9.17) is 9.47 Å². The molecule has 5 rings (SSSR count). The summed E-state index contributed by atoms with van der Waals surface area (Å²) in [4.78, 5) is 29.9. The highest BCUT2D eigenvalue weighted by atomic mass is 28.3. The first-order valence-electron chi connectivity index (χ1n) is 16.2. The average Bonchev–Trinajstić information content (AvgIpc) is 3.32. The Hall–Kier alpha value is -4.22. The number of nitrogens with zero attached hydrogens (tertiary/aromatic N) is 2. The van der Waals surface area contributed by atoms with Crippen molar-refractivity contribution in [3.63, 3.8) is 0 Å². The first kappa shape index (κ1) is 33.1. The van der Waals surface area contributed by atoms with Crippen LogP contribution in [0.2, 0.25) is 19.6 Å². The lowest BCUT2D eigenvalue weighted by Crippen LogP contribution is -2.50. The van der Waals surface area contributed by atoms with Gasteiger partial charge < -0.3 is 24.6 Å². The summed E-state index contributed by atoms with van der Waals surface area (Å²) in [6.45, 7) is 19.7. The number of carbonyl (C=O) groups excluding carboxylic acids is 2. The van der Waals surface area contributed by atoms with E-state index in [-0.39, 0.29) is 18.6 Å². The fourth-order valence-corrected chi connectivity index (χ4v) is 6.76. The third-order valence-electron chi connectivity index (χ3n) is 8.50. The average molecular weight is 638 g/mol. The molecule has 7 nitrogen and oxygen atoms in total. The third-order valence-corrected chi connectivity index (χ3v) is 9.38. The molecular formula is C38H47N3O4Si. The van der Waals surface area contributed by atoms with Crippen molar-refractivity contribution < 1.29 is 19.1 Å². The van der Waals surface area contributed by atoms with Crippen LogP contribution in [0.4, 0.5) is 15.3 Å². The molecule has 0 saturated carbocycles. The second-order valence-electron chi connectivity index (χ2n) is 14.3. The standard InChI is InChI=1S/C38H47N3O4Si/c1-26-28(17-22-46(6,7)8)23-29(27(2)35(26)40-18-20-41(21-19-40)37(43)45-38(3,4)5)24-39-36(42)44-25-34-32-15-11-9-13-30(32)31-14-10-12-16-33(31)34/h9-16,23,34H,18-21,24-25H2,1-8H3,(H,39,42). The van der Waals surface area contributed by atoms with E-state index in [0.29, 0.717) is 32.7 Å². The minimum atomic E-state index is -1.63. The van der Waals surface area contributed by atoms with Crippen LogP contribution in [0.25, 0.3) is 11.1 Å². The van der Waals surface area contributed by atoms with Gasteiger partial charge in [-0.15, -0.1) is 5.54 Å². The van der Waals surface area contributed by atoms with Crippen LogP contribution in [-0.2, 0) is 16.0 Å². The molecule has 0 aromatic heterocycles. The number of ether oxygens (including phenoxy) is 2. The molecule has 2 aliphatic rings. The minimum absolute atomic E-state index is 0.00801. The molecule has 1 aliphatic heterocycles.